The number of H-pyrrole nitrogens is 1. The van der Waals surface area contributed by atoms with E-state index in [0.29, 0.717) is 34.2 Å². The maximum absolute atomic E-state index is 12.9. The van der Waals surface area contributed by atoms with Gasteiger partial charge in [-0.05, 0) is 24.8 Å². The predicted octanol–water partition coefficient (Wildman–Crippen LogP) is 6.19. The molecule has 2 heterocycles. The first-order valence-corrected chi connectivity index (χ1v) is 11.8. The van der Waals surface area contributed by atoms with Crippen molar-refractivity contribution in [1.29, 1.82) is 0 Å². The van der Waals surface area contributed by atoms with Gasteiger partial charge in [0, 0.05) is 22.6 Å². The topological polar surface area (TPSA) is 92.8 Å². The Balaban J connectivity index is 1.84. The van der Waals surface area contributed by atoms with Gasteiger partial charge in [-0.25, -0.2) is 9.97 Å². The van der Waals surface area contributed by atoms with Gasteiger partial charge < -0.3 is 10.1 Å². The first-order chi connectivity index (χ1) is 16.7. The molecule has 0 unspecified atom stereocenters. The van der Waals surface area contributed by atoms with Crippen molar-refractivity contribution in [3.05, 3.63) is 78.0 Å². The van der Waals surface area contributed by atoms with E-state index in [4.69, 9.17) is 4.74 Å². The van der Waals surface area contributed by atoms with Crippen LogP contribution < -0.4 is 10.1 Å². The van der Waals surface area contributed by atoms with Gasteiger partial charge in [0.15, 0.2) is 0 Å². The number of hydrogen-bond acceptors (Lipinski definition) is 6. The molecule has 0 aliphatic rings. The Morgan fingerprint density at radius 3 is 2.79 bits per heavy atom. The SMILES string of the molecule is C=CS/C(=C\C)C(=O)Nc1cc2c(-c3cn[nH]c3-c3ccccc3)ncnc2cc1OCCC. The van der Waals surface area contributed by atoms with Crippen molar-refractivity contribution in [2.45, 2.75) is 20.3 Å². The summed E-state index contributed by atoms with van der Waals surface area (Å²) in [7, 11) is 0. The van der Waals surface area contributed by atoms with Crippen LogP contribution in [-0.2, 0) is 4.79 Å². The zero-order chi connectivity index (χ0) is 23.9. The Kier molecular flexibility index (Phi) is 7.39. The Morgan fingerprint density at radius 2 is 2.06 bits per heavy atom. The molecule has 0 spiro atoms. The molecule has 0 saturated carbocycles. The molecule has 0 radical (unpaired) electrons. The Labute approximate surface area is 202 Å². The first kappa shape index (κ1) is 23.3. The lowest BCUT2D eigenvalue weighted by Crippen LogP contribution is -2.14. The maximum atomic E-state index is 12.9. The number of thioether (sulfide) groups is 1. The lowest BCUT2D eigenvalue weighted by molar-refractivity contribution is -0.112. The minimum Gasteiger partial charge on any atom is -0.491 e. The molecule has 4 aromatic rings. The third-order valence-electron chi connectivity index (χ3n) is 5.10. The fourth-order valence-electron chi connectivity index (χ4n) is 3.54. The molecule has 2 N–H and O–H groups in total. The normalized spacial score (nSPS) is 11.4. The molecule has 2 aromatic heterocycles. The second-order valence-corrected chi connectivity index (χ2v) is 8.36. The van der Waals surface area contributed by atoms with Gasteiger partial charge in [-0.3, -0.25) is 9.89 Å². The molecule has 7 nitrogen and oxygen atoms in total. The number of fused-ring (bicyclic) bond motifs is 1. The van der Waals surface area contributed by atoms with Crippen molar-refractivity contribution >= 4 is 34.3 Å². The highest BCUT2D eigenvalue weighted by molar-refractivity contribution is 8.06. The van der Waals surface area contributed by atoms with Crippen LogP contribution in [0.2, 0.25) is 0 Å². The van der Waals surface area contributed by atoms with Crippen LogP contribution in [0.1, 0.15) is 20.3 Å². The maximum Gasteiger partial charge on any atom is 0.262 e. The van der Waals surface area contributed by atoms with Gasteiger partial charge in [-0.1, -0.05) is 61.7 Å². The average molecular weight is 472 g/mol. The van der Waals surface area contributed by atoms with E-state index in [1.54, 1.807) is 17.7 Å². The first-order valence-electron chi connectivity index (χ1n) is 10.9. The number of nitrogens with one attached hydrogen (secondary N) is 2. The smallest absolute Gasteiger partial charge is 0.262 e. The summed E-state index contributed by atoms with van der Waals surface area (Å²) in [5.41, 5.74) is 4.67. The van der Waals surface area contributed by atoms with Gasteiger partial charge in [0.25, 0.3) is 5.91 Å². The van der Waals surface area contributed by atoms with Crippen LogP contribution in [0, 0.1) is 0 Å². The fraction of sp³-hybridized carbons (Fsp3) is 0.154. The van der Waals surface area contributed by atoms with Gasteiger partial charge >= 0.3 is 0 Å². The molecule has 0 saturated heterocycles. The van der Waals surface area contributed by atoms with Gasteiger partial charge in [0.2, 0.25) is 0 Å². The van der Waals surface area contributed by atoms with Crippen LogP contribution in [0.15, 0.2) is 78.0 Å². The number of benzene rings is 2. The summed E-state index contributed by atoms with van der Waals surface area (Å²) in [6, 6.07) is 13.6. The van der Waals surface area contributed by atoms with E-state index in [1.807, 2.05) is 56.3 Å². The van der Waals surface area contributed by atoms with Gasteiger partial charge in [0.1, 0.15) is 12.1 Å². The van der Waals surface area contributed by atoms with Crippen molar-refractivity contribution in [3.63, 3.8) is 0 Å². The van der Waals surface area contributed by atoms with Crippen molar-refractivity contribution < 1.29 is 9.53 Å². The molecular formula is C26H25N5O2S. The van der Waals surface area contributed by atoms with E-state index in [9.17, 15) is 4.79 Å². The largest absolute Gasteiger partial charge is 0.491 e. The number of nitrogens with zero attached hydrogens (tertiary/aromatic N) is 3. The molecular weight excluding hydrogens is 446 g/mol. The summed E-state index contributed by atoms with van der Waals surface area (Å²) in [6.45, 7) is 8.07. The van der Waals surface area contributed by atoms with Crippen LogP contribution in [-0.4, -0.2) is 32.7 Å². The molecule has 172 valence electrons. The second kappa shape index (κ2) is 10.8. The minimum absolute atomic E-state index is 0.236. The number of allylic oxidation sites excluding steroid dienone is 1. The Hall–Kier alpha value is -3.91. The van der Waals surface area contributed by atoms with E-state index in [-0.39, 0.29) is 5.91 Å². The summed E-state index contributed by atoms with van der Waals surface area (Å²) in [6.07, 6.45) is 5.87. The van der Waals surface area contributed by atoms with E-state index in [0.717, 1.165) is 28.6 Å². The number of aromatic amines is 1. The average Bonchev–Trinajstić information content (AvgIpc) is 3.36. The molecule has 1 amide bonds. The Morgan fingerprint density at radius 1 is 1.24 bits per heavy atom. The third-order valence-corrected chi connectivity index (χ3v) is 5.94. The highest BCUT2D eigenvalue weighted by atomic mass is 32.2. The highest BCUT2D eigenvalue weighted by Crippen LogP contribution is 2.37. The van der Waals surface area contributed by atoms with Crippen LogP contribution >= 0.6 is 11.8 Å². The van der Waals surface area contributed by atoms with Crippen molar-refractivity contribution in [2.24, 2.45) is 0 Å². The lowest BCUT2D eigenvalue weighted by atomic mass is 10.0. The Bertz CT molecular complexity index is 1350. The van der Waals surface area contributed by atoms with Crippen LogP contribution in [0.25, 0.3) is 33.4 Å². The van der Waals surface area contributed by atoms with E-state index >= 15 is 0 Å². The lowest BCUT2D eigenvalue weighted by Gasteiger charge is -2.15. The van der Waals surface area contributed by atoms with Crippen LogP contribution in [0.5, 0.6) is 5.75 Å². The quantitative estimate of drug-likeness (QED) is 0.283. The number of aromatic nitrogens is 4. The number of carbonyl (C=O) groups is 1. The summed E-state index contributed by atoms with van der Waals surface area (Å²) in [5, 5.41) is 12.7. The second-order valence-electron chi connectivity index (χ2n) is 7.35. The number of hydrogen-bond donors (Lipinski definition) is 2. The van der Waals surface area contributed by atoms with Crippen molar-refractivity contribution in [2.75, 3.05) is 11.9 Å². The molecule has 0 atom stereocenters. The standard InChI is InChI=1S/C26H25N5O2S/c1-4-12-33-22-14-20-18(13-21(22)30-26(32)23(5-2)34-6-3)25(28-16-27-20)19-15-29-31-24(19)17-10-8-7-9-11-17/h5-11,13-16H,3-4,12H2,1-2H3,(H,29,31)(H,30,32)/b23-5-. The van der Waals surface area contributed by atoms with E-state index < -0.39 is 0 Å². The minimum atomic E-state index is -0.236. The van der Waals surface area contributed by atoms with Gasteiger partial charge in [0.05, 0.1) is 40.3 Å². The van der Waals surface area contributed by atoms with E-state index in [1.165, 1.54) is 18.1 Å². The number of ether oxygens (including phenoxy) is 1. The summed E-state index contributed by atoms with van der Waals surface area (Å²) < 4.78 is 5.95. The number of rotatable bonds is 9. The zero-order valence-corrected chi connectivity index (χ0v) is 19.9. The third kappa shape index (κ3) is 4.87. The monoisotopic (exact) mass is 471 g/mol. The molecule has 0 fully saturated rings. The summed E-state index contributed by atoms with van der Waals surface area (Å²) >= 11 is 1.27. The van der Waals surface area contributed by atoms with Gasteiger partial charge in [-0.15, -0.1) is 0 Å². The predicted molar refractivity (Wildman–Crippen MR) is 139 cm³/mol. The zero-order valence-electron chi connectivity index (χ0n) is 19.0. The summed E-state index contributed by atoms with van der Waals surface area (Å²) in [5.74, 6) is 0.321. The molecule has 0 aliphatic heterocycles. The molecule has 2 aromatic carbocycles. The highest BCUT2D eigenvalue weighted by Gasteiger charge is 2.18. The molecule has 0 aliphatic carbocycles. The number of amides is 1. The molecule has 4 rings (SSSR count). The molecule has 34 heavy (non-hydrogen) atoms. The van der Waals surface area contributed by atoms with E-state index in [2.05, 4.69) is 32.1 Å². The van der Waals surface area contributed by atoms with Crippen LogP contribution in [0.3, 0.4) is 0 Å². The fourth-order valence-corrected chi connectivity index (χ4v) is 4.02. The molecule has 0 bridgehead atoms. The number of carbonyl (C=O) groups excluding carboxylic acids is 1. The van der Waals surface area contributed by atoms with Crippen molar-refractivity contribution in [3.8, 4) is 28.3 Å². The number of anilines is 1. The summed E-state index contributed by atoms with van der Waals surface area (Å²) in [4.78, 5) is 22.5. The van der Waals surface area contributed by atoms with Gasteiger partial charge in [-0.2, -0.15) is 5.10 Å². The van der Waals surface area contributed by atoms with Crippen LogP contribution in [0.4, 0.5) is 5.69 Å². The molecule has 8 heteroatoms. The van der Waals surface area contributed by atoms with Crippen molar-refractivity contribution in [1.82, 2.24) is 20.2 Å².